The summed E-state index contributed by atoms with van der Waals surface area (Å²) in [5.41, 5.74) is 4.60. The van der Waals surface area contributed by atoms with Gasteiger partial charge in [0.15, 0.2) is 0 Å². The lowest BCUT2D eigenvalue weighted by Crippen LogP contribution is -2.46. The molecular weight excluding hydrogens is 386 g/mol. The van der Waals surface area contributed by atoms with Crippen LogP contribution in [-0.2, 0) is 19.5 Å². The van der Waals surface area contributed by atoms with Crippen molar-refractivity contribution in [1.82, 2.24) is 20.5 Å². The third-order valence-electron chi connectivity index (χ3n) is 6.63. The molecule has 0 unspecified atom stereocenters. The SMILES string of the molecule is N#Cc1c(N2CCNCC2)nc(N2CCNCC2)c2c1CN(Cc1ccccc1)CC2. The fraction of sp³-hybridized carbons (Fsp3) is 0.500. The average molecular weight is 418 g/mol. The molecular formula is C24H31N7. The molecule has 7 nitrogen and oxygen atoms in total. The zero-order chi connectivity index (χ0) is 21.0. The van der Waals surface area contributed by atoms with Crippen molar-refractivity contribution in [1.29, 1.82) is 5.26 Å². The number of rotatable bonds is 4. The van der Waals surface area contributed by atoms with Crippen molar-refractivity contribution in [3.8, 4) is 6.07 Å². The minimum absolute atomic E-state index is 0.786. The number of hydrogen-bond donors (Lipinski definition) is 2. The second-order valence-electron chi connectivity index (χ2n) is 8.62. The minimum Gasteiger partial charge on any atom is -0.354 e. The van der Waals surface area contributed by atoms with E-state index in [0.29, 0.717) is 0 Å². The van der Waals surface area contributed by atoms with E-state index >= 15 is 0 Å². The Balaban J connectivity index is 1.53. The van der Waals surface area contributed by atoms with E-state index in [1.54, 1.807) is 0 Å². The van der Waals surface area contributed by atoms with Gasteiger partial charge in [-0.3, -0.25) is 4.90 Å². The highest BCUT2D eigenvalue weighted by atomic mass is 15.3. The van der Waals surface area contributed by atoms with Crippen LogP contribution in [0.1, 0.15) is 22.3 Å². The molecule has 0 saturated carbocycles. The first kappa shape index (κ1) is 20.3. The number of anilines is 2. The zero-order valence-electron chi connectivity index (χ0n) is 18.1. The first-order valence-corrected chi connectivity index (χ1v) is 11.5. The fourth-order valence-corrected chi connectivity index (χ4v) is 4.99. The third kappa shape index (κ3) is 4.24. The molecule has 0 atom stereocenters. The van der Waals surface area contributed by atoms with Gasteiger partial charge in [0.1, 0.15) is 17.7 Å². The average Bonchev–Trinajstić information content (AvgIpc) is 2.84. The van der Waals surface area contributed by atoms with Crippen LogP contribution in [0.4, 0.5) is 11.6 Å². The largest absolute Gasteiger partial charge is 0.354 e. The Morgan fingerprint density at radius 2 is 1.48 bits per heavy atom. The Morgan fingerprint density at radius 3 is 2.13 bits per heavy atom. The van der Waals surface area contributed by atoms with Crippen LogP contribution in [0.2, 0.25) is 0 Å². The van der Waals surface area contributed by atoms with Crippen molar-refractivity contribution in [2.24, 2.45) is 0 Å². The first-order chi connectivity index (χ1) is 15.3. The van der Waals surface area contributed by atoms with Crippen LogP contribution in [0.5, 0.6) is 0 Å². The molecule has 162 valence electrons. The van der Waals surface area contributed by atoms with Gasteiger partial charge in [0.2, 0.25) is 0 Å². The molecule has 31 heavy (non-hydrogen) atoms. The van der Waals surface area contributed by atoms with E-state index in [4.69, 9.17) is 4.98 Å². The van der Waals surface area contributed by atoms with Crippen molar-refractivity contribution in [2.75, 3.05) is 68.7 Å². The monoisotopic (exact) mass is 417 g/mol. The molecule has 0 bridgehead atoms. The number of nitriles is 1. The Kier molecular flexibility index (Phi) is 6.03. The molecule has 4 heterocycles. The van der Waals surface area contributed by atoms with E-state index in [0.717, 1.165) is 95.6 Å². The van der Waals surface area contributed by atoms with Crippen LogP contribution >= 0.6 is 0 Å². The Bertz CT molecular complexity index is 941. The molecule has 1 aromatic heterocycles. The van der Waals surface area contributed by atoms with Crippen LogP contribution in [0.15, 0.2) is 30.3 Å². The van der Waals surface area contributed by atoms with Crippen LogP contribution in [0.3, 0.4) is 0 Å². The Labute approximate surface area is 184 Å². The molecule has 1 aromatic carbocycles. The van der Waals surface area contributed by atoms with Crippen LogP contribution in [0.25, 0.3) is 0 Å². The summed E-state index contributed by atoms with van der Waals surface area (Å²) in [6, 6.07) is 13.2. The van der Waals surface area contributed by atoms with Crippen LogP contribution < -0.4 is 20.4 Å². The normalized spacial score (nSPS) is 19.7. The number of pyridine rings is 1. The maximum Gasteiger partial charge on any atom is 0.149 e. The minimum atomic E-state index is 0.786. The quantitative estimate of drug-likeness (QED) is 0.778. The first-order valence-electron chi connectivity index (χ1n) is 11.5. The van der Waals surface area contributed by atoms with Gasteiger partial charge < -0.3 is 20.4 Å². The summed E-state index contributed by atoms with van der Waals surface area (Å²) in [5.74, 6) is 2.00. The molecule has 2 fully saturated rings. The van der Waals surface area contributed by atoms with E-state index in [1.165, 1.54) is 16.7 Å². The number of aromatic nitrogens is 1. The summed E-state index contributed by atoms with van der Waals surface area (Å²) < 4.78 is 0. The van der Waals surface area contributed by atoms with Gasteiger partial charge in [0, 0.05) is 77.6 Å². The molecule has 0 aliphatic carbocycles. The number of hydrogen-bond acceptors (Lipinski definition) is 7. The highest BCUT2D eigenvalue weighted by molar-refractivity contribution is 5.68. The van der Waals surface area contributed by atoms with E-state index in [2.05, 4.69) is 61.7 Å². The predicted molar refractivity (Wildman–Crippen MR) is 123 cm³/mol. The fourth-order valence-electron chi connectivity index (χ4n) is 4.99. The second kappa shape index (κ2) is 9.23. The molecule has 2 saturated heterocycles. The lowest BCUT2D eigenvalue weighted by Gasteiger charge is -2.37. The highest BCUT2D eigenvalue weighted by Crippen LogP contribution is 2.35. The van der Waals surface area contributed by atoms with Crippen molar-refractivity contribution < 1.29 is 0 Å². The standard InChI is InChI=1S/C24H31N7/c25-16-21-22-18-29(17-19-4-2-1-3-5-19)11-6-20(22)23(30-12-7-26-8-13-30)28-24(21)31-14-9-27-10-15-31/h1-5,26-27H,6-15,17-18H2. The molecule has 5 rings (SSSR count). The molecule has 0 radical (unpaired) electrons. The van der Waals surface area contributed by atoms with Crippen molar-refractivity contribution >= 4 is 11.6 Å². The summed E-state index contributed by atoms with van der Waals surface area (Å²) >= 11 is 0. The van der Waals surface area contributed by atoms with Crippen molar-refractivity contribution in [3.05, 3.63) is 52.6 Å². The van der Waals surface area contributed by atoms with Gasteiger partial charge in [-0.1, -0.05) is 30.3 Å². The number of benzene rings is 1. The third-order valence-corrected chi connectivity index (χ3v) is 6.63. The zero-order valence-corrected chi connectivity index (χ0v) is 18.1. The van der Waals surface area contributed by atoms with Crippen molar-refractivity contribution in [2.45, 2.75) is 19.5 Å². The van der Waals surface area contributed by atoms with Gasteiger partial charge in [0.25, 0.3) is 0 Å². The molecule has 3 aliphatic rings. The van der Waals surface area contributed by atoms with Gasteiger partial charge in [0.05, 0.1) is 5.56 Å². The van der Waals surface area contributed by atoms with Gasteiger partial charge in [-0.05, 0) is 17.5 Å². The maximum absolute atomic E-state index is 10.2. The van der Waals surface area contributed by atoms with Crippen LogP contribution in [-0.4, -0.2) is 68.8 Å². The topological polar surface area (TPSA) is 70.5 Å². The molecule has 2 aromatic rings. The predicted octanol–water partition coefficient (Wildman–Crippen LogP) is 1.33. The Morgan fingerprint density at radius 1 is 0.839 bits per heavy atom. The van der Waals surface area contributed by atoms with Crippen LogP contribution in [0, 0.1) is 11.3 Å². The van der Waals surface area contributed by atoms with E-state index in [1.807, 2.05) is 0 Å². The number of piperazine rings is 2. The summed E-state index contributed by atoms with van der Waals surface area (Å²) in [4.78, 5) is 12.4. The van der Waals surface area contributed by atoms with Gasteiger partial charge in [-0.15, -0.1) is 0 Å². The van der Waals surface area contributed by atoms with Gasteiger partial charge in [-0.2, -0.15) is 5.26 Å². The Hall–Kier alpha value is -2.66. The van der Waals surface area contributed by atoms with Crippen molar-refractivity contribution in [3.63, 3.8) is 0 Å². The molecule has 7 heteroatoms. The smallest absolute Gasteiger partial charge is 0.149 e. The van der Waals surface area contributed by atoms with E-state index in [-0.39, 0.29) is 0 Å². The summed E-state index contributed by atoms with van der Waals surface area (Å²) in [6.07, 6.45) is 0.949. The van der Waals surface area contributed by atoms with Gasteiger partial charge >= 0.3 is 0 Å². The van der Waals surface area contributed by atoms with E-state index < -0.39 is 0 Å². The number of fused-ring (bicyclic) bond motifs is 1. The molecule has 0 amide bonds. The maximum atomic E-state index is 10.2. The second-order valence-corrected chi connectivity index (χ2v) is 8.62. The molecule has 3 aliphatic heterocycles. The lowest BCUT2D eigenvalue weighted by molar-refractivity contribution is 0.245. The highest BCUT2D eigenvalue weighted by Gasteiger charge is 2.30. The number of nitrogens with zero attached hydrogens (tertiary/aromatic N) is 5. The number of nitrogens with one attached hydrogen (secondary N) is 2. The lowest BCUT2D eigenvalue weighted by atomic mass is 9.94. The molecule has 2 N–H and O–H groups in total. The van der Waals surface area contributed by atoms with Gasteiger partial charge in [-0.25, -0.2) is 4.98 Å². The molecule has 0 spiro atoms. The summed E-state index contributed by atoms with van der Waals surface area (Å²) in [5, 5.41) is 17.1. The van der Waals surface area contributed by atoms with E-state index in [9.17, 15) is 5.26 Å². The summed E-state index contributed by atoms with van der Waals surface area (Å²) in [6.45, 7) is 10.3. The summed E-state index contributed by atoms with van der Waals surface area (Å²) in [7, 11) is 0.